The Morgan fingerprint density at radius 1 is 1.39 bits per heavy atom. The van der Waals surface area contributed by atoms with E-state index in [1.165, 1.54) is 12.1 Å². The molecule has 118 valence electrons. The highest BCUT2D eigenvalue weighted by Crippen LogP contribution is 2.37. The number of halogens is 2. The van der Waals surface area contributed by atoms with Gasteiger partial charge in [0.25, 0.3) is 0 Å². The molecule has 23 heavy (non-hydrogen) atoms. The number of furan rings is 1. The van der Waals surface area contributed by atoms with E-state index in [0.29, 0.717) is 11.6 Å². The van der Waals surface area contributed by atoms with Crippen LogP contribution in [0.1, 0.15) is 28.8 Å². The fourth-order valence-electron chi connectivity index (χ4n) is 3.17. The van der Waals surface area contributed by atoms with Crippen molar-refractivity contribution >= 4 is 11.6 Å². The first-order chi connectivity index (χ1) is 11.2. The average Bonchev–Trinajstić information content (AvgIpc) is 3.19. The lowest BCUT2D eigenvalue weighted by molar-refractivity contribution is 0.185. The number of hydrogen-bond acceptors (Lipinski definition) is 3. The lowest BCUT2D eigenvalue weighted by Crippen LogP contribution is -2.36. The van der Waals surface area contributed by atoms with Crippen molar-refractivity contribution in [3.8, 4) is 0 Å². The molecule has 0 spiro atoms. The first-order valence-corrected chi connectivity index (χ1v) is 7.83. The second-order valence-electron chi connectivity index (χ2n) is 5.63. The van der Waals surface area contributed by atoms with Crippen LogP contribution in [0.2, 0.25) is 5.02 Å². The standard InChI is InChI=1S/C17H15ClFN3O/c18-14-8-11(19)3-4-13(14)17-16-15(20-10-21-16)5-6-22(17)9-12-2-1-7-23-12/h1-4,7-8,10,17H,5-6,9H2,(H,20,21)/t17-/m0/s1. The number of nitrogens with one attached hydrogen (secondary N) is 1. The Kier molecular flexibility index (Phi) is 3.67. The van der Waals surface area contributed by atoms with E-state index in [-0.39, 0.29) is 11.9 Å². The smallest absolute Gasteiger partial charge is 0.124 e. The molecule has 3 heterocycles. The van der Waals surface area contributed by atoms with Gasteiger partial charge in [-0.25, -0.2) is 9.37 Å². The molecule has 1 N–H and O–H groups in total. The molecule has 0 fully saturated rings. The summed E-state index contributed by atoms with van der Waals surface area (Å²) in [5.41, 5.74) is 2.90. The molecule has 0 radical (unpaired) electrons. The van der Waals surface area contributed by atoms with Crippen molar-refractivity contribution in [3.63, 3.8) is 0 Å². The molecule has 1 aromatic carbocycles. The van der Waals surface area contributed by atoms with Crippen LogP contribution >= 0.6 is 11.6 Å². The predicted molar refractivity (Wildman–Crippen MR) is 84.7 cm³/mol. The van der Waals surface area contributed by atoms with E-state index in [0.717, 1.165) is 35.7 Å². The molecule has 4 rings (SSSR count). The third kappa shape index (κ3) is 2.66. The summed E-state index contributed by atoms with van der Waals surface area (Å²) in [5, 5.41) is 0.412. The summed E-state index contributed by atoms with van der Waals surface area (Å²) in [6, 6.07) is 8.23. The first kappa shape index (κ1) is 14.5. The molecule has 0 amide bonds. The predicted octanol–water partition coefficient (Wildman–Crippen LogP) is 3.94. The largest absolute Gasteiger partial charge is 0.468 e. The minimum Gasteiger partial charge on any atom is -0.468 e. The summed E-state index contributed by atoms with van der Waals surface area (Å²) < 4.78 is 18.9. The third-order valence-corrected chi connectivity index (χ3v) is 4.55. The van der Waals surface area contributed by atoms with Crippen LogP contribution in [0.4, 0.5) is 4.39 Å². The summed E-state index contributed by atoms with van der Waals surface area (Å²) in [6.45, 7) is 1.49. The van der Waals surface area contributed by atoms with Gasteiger partial charge in [-0.05, 0) is 29.8 Å². The number of H-pyrrole nitrogens is 1. The van der Waals surface area contributed by atoms with Crippen molar-refractivity contribution in [2.45, 2.75) is 19.0 Å². The quantitative estimate of drug-likeness (QED) is 0.790. The van der Waals surface area contributed by atoms with E-state index < -0.39 is 0 Å². The molecule has 6 heteroatoms. The van der Waals surface area contributed by atoms with E-state index in [4.69, 9.17) is 16.0 Å². The number of rotatable bonds is 3. The van der Waals surface area contributed by atoms with Gasteiger partial charge in [-0.1, -0.05) is 17.7 Å². The van der Waals surface area contributed by atoms with Crippen molar-refractivity contribution in [1.82, 2.24) is 14.9 Å². The van der Waals surface area contributed by atoms with Gasteiger partial charge >= 0.3 is 0 Å². The molecule has 0 unspecified atom stereocenters. The minimum atomic E-state index is -0.339. The van der Waals surface area contributed by atoms with Crippen molar-refractivity contribution in [2.75, 3.05) is 6.54 Å². The van der Waals surface area contributed by atoms with Gasteiger partial charge in [-0.15, -0.1) is 0 Å². The molecule has 3 aromatic rings. The van der Waals surface area contributed by atoms with Crippen LogP contribution in [0.15, 0.2) is 47.3 Å². The SMILES string of the molecule is Fc1ccc([C@H]2c3nc[nH]c3CCN2Cc2ccco2)c(Cl)c1. The van der Waals surface area contributed by atoms with E-state index in [9.17, 15) is 4.39 Å². The normalized spacial score (nSPS) is 18.1. The second-order valence-corrected chi connectivity index (χ2v) is 6.04. The van der Waals surface area contributed by atoms with Crippen molar-refractivity contribution in [3.05, 3.63) is 76.5 Å². The van der Waals surface area contributed by atoms with E-state index in [1.54, 1.807) is 18.7 Å². The van der Waals surface area contributed by atoms with Gasteiger partial charge in [0.1, 0.15) is 11.6 Å². The molecule has 0 saturated carbocycles. The molecule has 0 aliphatic carbocycles. The van der Waals surface area contributed by atoms with Gasteiger partial charge < -0.3 is 9.40 Å². The van der Waals surface area contributed by atoms with Crippen molar-refractivity contribution in [2.24, 2.45) is 0 Å². The van der Waals surface area contributed by atoms with Crippen LogP contribution in [0.25, 0.3) is 0 Å². The molecular weight excluding hydrogens is 317 g/mol. The number of imidazole rings is 1. The second kappa shape index (κ2) is 5.83. The topological polar surface area (TPSA) is 45.1 Å². The number of aromatic nitrogens is 2. The van der Waals surface area contributed by atoms with Gasteiger partial charge in [0.15, 0.2) is 0 Å². The Bertz CT molecular complexity index is 815. The van der Waals surface area contributed by atoms with Crippen LogP contribution < -0.4 is 0 Å². The average molecular weight is 332 g/mol. The third-order valence-electron chi connectivity index (χ3n) is 4.22. The van der Waals surface area contributed by atoms with Crippen molar-refractivity contribution < 1.29 is 8.81 Å². The zero-order valence-electron chi connectivity index (χ0n) is 12.3. The summed E-state index contributed by atoms with van der Waals surface area (Å²) in [5.74, 6) is 0.543. The number of hydrogen-bond donors (Lipinski definition) is 1. The fourth-order valence-corrected chi connectivity index (χ4v) is 3.44. The fraction of sp³-hybridized carbons (Fsp3) is 0.235. The van der Waals surface area contributed by atoms with Crippen LogP contribution in [-0.2, 0) is 13.0 Å². The zero-order valence-corrected chi connectivity index (χ0v) is 13.1. The maximum Gasteiger partial charge on any atom is 0.124 e. The summed E-state index contributed by atoms with van der Waals surface area (Å²) in [4.78, 5) is 9.92. The van der Waals surface area contributed by atoms with Crippen LogP contribution in [-0.4, -0.2) is 21.4 Å². The summed E-state index contributed by atoms with van der Waals surface area (Å²) >= 11 is 6.32. The van der Waals surface area contributed by atoms with Crippen LogP contribution in [0.3, 0.4) is 0 Å². The molecule has 0 saturated heterocycles. The molecular formula is C17H15ClFN3O. The Hall–Kier alpha value is -2.11. The Labute approximate surface area is 137 Å². The van der Waals surface area contributed by atoms with E-state index >= 15 is 0 Å². The highest BCUT2D eigenvalue weighted by atomic mass is 35.5. The summed E-state index contributed by atoms with van der Waals surface area (Å²) in [7, 11) is 0. The molecule has 4 nitrogen and oxygen atoms in total. The number of fused-ring (bicyclic) bond motifs is 1. The van der Waals surface area contributed by atoms with E-state index in [2.05, 4.69) is 14.9 Å². The lowest BCUT2D eigenvalue weighted by atomic mass is 9.95. The number of benzene rings is 1. The highest BCUT2D eigenvalue weighted by molar-refractivity contribution is 6.31. The zero-order chi connectivity index (χ0) is 15.8. The van der Waals surface area contributed by atoms with Gasteiger partial charge in [-0.3, -0.25) is 4.90 Å². The number of nitrogens with zero attached hydrogens (tertiary/aromatic N) is 2. The molecule has 1 aliphatic heterocycles. The van der Waals surface area contributed by atoms with Gasteiger partial charge in [-0.2, -0.15) is 0 Å². The van der Waals surface area contributed by atoms with E-state index in [1.807, 2.05) is 12.1 Å². The first-order valence-electron chi connectivity index (χ1n) is 7.46. The molecule has 1 atom stereocenters. The Balaban J connectivity index is 1.77. The molecule has 0 bridgehead atoms. The lowest BCUT2D eigenvalue weighted by Gasteiger charge is -2.35. The maximum absolute atomic E-state index is 13.4. The monoisotopic (exact) mass is 331 g/mol. The van der Waals surface area contributed by atoms with Gasteiger partial charge in [0, 0.05) is 23.7 Å². The maximum atomic E-state index is 13.4. The highest BCUT2D eigenvalue weighted by Gasteiger charge is 2.32. The minimum absolute atomic E-state index is 0.122. The van der Waals surface area contributed by atoms with Gasteiger partial charge in [0.05, 0.1) is 30.9 Å². The van der Waals surface area contributed by atoms with Crippen LogP contribution in [0.5, 0.6) is 0 Å². The van der Waals surface area contributed by atoms with Crippen molar-refractivity contribution in [1.29, 1.82) is 0 Å². The van der Waals surface area contributed by atoms with Crippen LogP contribution in [0, 0.1) is 5.82 Å². The Morgan fingerprint density at radius 2 is 2.30 bits per heavy atom. The summed E-state index contributed by atoms with van der Waals surface area (Å²) in [6.07, 6.45) is 4.25. The number of aromatic amines is 1. The molecule has 1 aliphatic rings. The Morgan fingerprint density at radius 3 is 3.09 bits per heavy atom. The van der Waals surface area contributed by atoms with Gasteiger partial charge in [0.2, 0.25) is 0 Å². The molecule has 2 aromatic heterocycles.